The SMILES string of the molecule is O=C(O)C1CCCCN1C(c1cccnc1)c1cccc(Cl)c1Cl. The molecule has 1 aliphatic heterocycles. The lowest BCUT2D eigenvalue weighted by Crippen LogP contribution is -2.46. The summed E-state index contributed by atoms with van der Waals surface area (Å²) in [7, 11) is 0. The second kappa shape index (κ2) is 7.51. The normalized spacial score (nSPS) is 19.8. The maximum atomic E-state index is 11.8. The molecule has 2 aromatic rings. The predicted molar refractivity (Wildman–Crippen MR) is 94.5 cm³/mol. The maximum Gasteiger partial charge on any atom is 0.320 e. The highest BCUT2D eigenvalue weighted by atomic mass is 35.5. The van der Waals surface area contributed by atoms with Gasteiger partial charge < -0.3 is 5.11 Å². The van der Waals surface area contributed by atoms with E-state index in [1.54, 1.807) is 18.5 Å². The first kappa shape index (κ1) is 17.2. The van der Waals surface area contributed by atoms with Crippen LogP contribution >= 0.6 is 23.2 Å². The number of rotatable bonds is 4. The van der Waals surface area contributed by atoms with Gasteiger partial charge in [-0.3, -0.25) is 14.7 Å². The molecule has 1 aliphatic rings. The van der Waals surface area contributed by atoms with Gasteiger partial charge in [-0.15, -0.1) is 0 Å². The average molecular weight is 365 g/mol. The Hall–Kier alpha value is -1.62. The molecule has 1 N–H and O–H groups in total. The number of nitrogens with zero attached hydrogens (tertiary/aromatic N) is 2. The van der Waals surface area contributed by atoms with Gasteiger partial charge in [-0.05, 0) is 42.6 Å². The highest BCUT2D eigenvalue weighted by Crippen LogP contribution is 2.39. The zero-order valence-electron chi connectivity index (χ0n) is 13.0. The zero-order chi connectivity index (χ0) is 17.1. The minimum absolute atomic E-state index is 0.286. The van der Waals surface area contributed by atoms with Crippen LogP contribution < -0.4 is 0 Å². The fourth-order valence-electron chi connectivity index (χ4n) is 3.35. The highest BCUT2D eigenvalue weighted by Gasteiger charge is 2.36. The highest BCUT2D eigenvalue weighted by molar-refractivity contribution is 6.42. The van der Waals surface area contributed by atoms with E-state index in [0.29, 0.717) is 23.0 Å². The Balaban J connectivity index is 2.12. The Morgan fingerprint density at radius 3 is 2.79 bits per heavy atom. The molecule has 3 rings (SSSR count). The number of aliphatic carboxylic acids is 1. The largest absolute Gasteiger partial charge is 0.480 e. The van der Waals surface area contributed by atoms with Gasteiger partial charge in [-0.25, -0.2) is 0 Å². The number of carbonyl (C=O) groups is 1. The smallest absolute Gasteiger partial charge is 0.320 e. The second-order valence-electron chi connectivity index (χ2n) is 5.92. The van der Waals surface area contributed by atoms with Crippen LogP contribution in [0.3, 0.4) is 0 Å². The van der Waals surface area contributed by atoms with Gasteiger partial charge in [0.2, 0.25) is 0 Å². The first-order chi connectivity index (χ1) is 11.6. The topological polar surface area (TPSA) is 53.4 Å². The van der Waals surface area contributed by atoms with Gasteiger partial charge in [0.1, 0.15) is 6.04 Å². The Kier molecular flexibility index (Phi) is 5.39. The van der Waals surface area contributed by atoms with Gasteiger partial charge in [-0.2, -0.15) is 0 Å². The molecule has 6 heteroatoms. The van der Waals surface area contributed by atoms with Crippen LogP contribution in [0.4, 0.5) is 0 Å². The number of benzene rings is 1. The lowest BCUT2D eigenvalue weighted by molar-refractivity contribution is -0.145. The minimum Gasteiger partial charge on any atom is -0.480 e. The first-order valence-corrected chi connectivity index (χ1v) is 8.67. The van der Waals surface area contributed by atoms with Crippen LogP contribution in [0.5, 0.6) is 0 Å². The van der Waals surface area contributed by atoms with Crippen LogP contribution in [-0.2, 0) is 4.79 Å². The van der Waals surface area contributed by atoms with Crippen LogP contribution in [0.2, 0.25) is 10.0 Å². The maximum absolute atomic E-state index is 11.8. The summed E-state index contributed by atoms with van der Waals surface area (Å²) in [4.78, 5) is 18.0. The third-order valence-electron chi connectivity index (χ3n) is 4.44. The van der Waals surface area contributed by atoms with Crippen molar-refractivity contribution in [1.82, 2.24) is 9.88 Å². The summed E-state index contributed by atoms with van der Waals surface area (Å²) in [6, 6.07) is 8.44. The van der Waals surface area contributed by atoms with Crippen molar-refractivity contribution in [3.05, 3.63) is 63.9 Å². The summed E-state index contributed by atoms with van der Waals surface area (Å²) >= 11 is 12.7. The van der Waals surface area contributed by atoms with Crippen molar-refractivity contribution >= 4 is 29.2 Å². The number of carboxylic acids is 1. The number of aromatic nitrogens is 1. The zero-order valence-corrected chi connectivity index (χ0v) is 14.5. The van der Waals surface area contributed by atoms with Crippen LogP contribution in [0.1, 0.15) is 36.4 Å². The minimum atomic E-state index is -0.804. The van der Waals surface area contributed by atoms with E-state index in [1.165, 1.54) is 0 Å². The molecule has 24 heavy (non-hydrogen) atoms. The molecule has 0 aliphatic carbocycles. The van der Waals surface area contributed by atoms with Gasteiger partial charge in [-0.1, -0.05) is 47.8 Å². The molecule has 1 saturated heterocycles. The van der Waals surface area contributed by atoms with Crippen LogP contribution in [0.25, 0.3) is 0 Å². The van der Waals surface area contributed by atoms with Gasteiger partial charge in [0.15, 0.2) is 0 Å². The number of carboxylic acid groups (broad SMARTS) is 1. The van der Waals surface area contributed by atoms with Gasteiger partial charge in [0.25, 0.3) is 0 Å². The molecule has 2 unspecified atom stereocenters. The van der Waals surface area contributed by atoms with E-state index in [4.69, 9.17) is 23.2 Å². The number of hydrogen-bond donors (Lipinski definition) is 1. The summed E-state index contributed by atoms with van der Waals surface area (Å²) in [5, 5.41) is 10.6. The summed E-state index contributed by atoms with van der Waals surface area (Å²) < 4.78 is 0. The van der Waals surface area contributed by atoms with Crippen LogP contribution in [-0.4, -0.2) is 33.5 Å². The quantitative estimate of drug-likeness (QED) is 0.872. The van der Waals surface area contributed by atoms with E-state index in [1.807, 2.05) is 29.2 Å². The molecule has 1 aromatic heterocycles. The van der Waals surface area contributed by atoms with E-state index >= 15 is 0 Å². The monoisotopic (exact) mass is 364 g/mol. The first-order valence-electron chi connectivity index (χ1n) is 7.92. The molecule has 0 amide bonds. The van der Waals surface area contributed by atoms with Crippen LogP contribution in [0, 0.1) is 0 Å². The molecule has 1 fully saturated rings. The van der Waals surface area contributed by atoms with E-state index < -0.39 is 12.0 Å². The molecule has 0 saturated carbocycles. The summed E-state index contributed by atoms with van der Waals surface area (Å²) in [5.74, 6) is -0.804. The second-order valence-corrected chi connectivity index (χ2v) is 6.70. The summed E-state index contributed by atoms with van der Waals surface area (Å²) in [5.41, 5.74) is 1.72. The molecule has 2 heterocycles. The van der Waals surface area contributed by atoms with Gasteiger partial charge >= 0.3 is 5.97 Å². The number of likely N-dealkylation sites (tertiary alicyclic amines) is 1. The lowest BCUT2D eigenvalue weighted by Gasteiger charge is -2.39. The Morgan fingerprint density at radius 1 is 1.25 bits per heavy atom. The van der Waals surface area contributed by atoms with Crippen molar-refractivity contribution in [1.29, 1.82) is 0 Å². The van der Waals surface area contributed by atoms with Crippen LogP contribution in [0.15, 0.2) is 42.7 Å². The molecule has 4 nitrogen and oxygen atoms in total. The van der Waals surface area contributed by atoms with E-state index in [0.717, 1.165) is 24.0 Å². The van der Waals surface area contributed by atoms with E-state index in [9.17, 15) is 9.90 Å². The lowest BCUT2D eigenvalue weighted by atomic mass is 9.92. The Labute approximate surface area is 151 Å². The summed E-state index contributed by atoms with van der Waals surface area (Å²) in [6.45, 7) is 0.694. The number of hydrogen-bond acceptors (Lipinski definition) is 3. The molecule has 1 aromatic carbocycles. The Morgan fingerprint density at radius 2 is 2.08 bits per heavy atom. The third kappa shape index (κ3) is 3.41. The van der Waals surface area contributed by atoms with Crippen molar-refractivity contribution in [3.8, 4) is 0 Å². The molecule has 2 atom stereocenters. The van der Waals surface area contributed by atoms with Crippen molar-refractivity contribution in [2.45, 2.75) is 31.3 Å². The van der Waals surface area contributed by atoms with E-state index in [2.05, 4.69) is 4.98 Å². The number of pyridine rings is 1. The molecular formula is C18H18Cl2N2O2. The molecule has 0 radical (unpaired) electrons. The molecule has 0 spiro atoms. The fourth-order valence-corrected chi connectivity index (χ4v) is 3.76. The predicted octanol–water partition coefficient (Wildman–Crippen LogP) is 4.42. The average Bonchev–Trinajstić information content (AvgIpc) is 2.60. The molecule has 126 valence electrons. The van der Waals surface area contributed by atoms with E-state index in [-0.39, 0.29) is 6.04 Å². The fraction of sp³-hybridized carbons (Fsp3) is 0.333. The Bertz CT molecular complexity index is 724. The van der Waals surface area contributed by atoms with Crippen molar-refractivity contribution < 1.29 is 9.90 Å². The van der Waals surface area contributed by atoms with Crippen molar-refractivity contribution in [3.63, 3.8) is 0 Å². The van der Waals surface area contributed by atoms with Gasteiger partial charge in [0, 0.05) is 12.4 Å². The molecular weight excluding hydrogens is 347 g/mol. The molecule has 0 bridgehead atoms. The summed E-state index contributed by atoms with van der Waals surface area (Å²) in [6.07, 6.45) is 5.96. The number of piperidine rings is 1. The van der Waals surface area contributed by atoms with Crippen molar-refractivity contribution in [2.24, 2.45) is 0 Å². The van der Waals surface area contributed by atoms with Gasteiger partial charge in [0.05, 0.1) is 16.1 Å². The number of halogens is 2. The standard InChI is InChI=1S/C18H18Cl2N2O2/c19-14-7-3-6-13(16(14)20)17(12-5-4-9-21-11-12)22-10-2-1-8-15(22)18(23)24/h3-7,9,11,15,17H,1-2,8,10H2,(H,23,24). The van der Waals surface area contributed by atoms with Crippen molar-refractivity contribution in [2.75, 3.05) is 6.54 Å². The third-order valence-corrected chi connectivity index (χ3v) is 5.27.